The van der Waals surface area contributed by atoms with Gasteiger partial charge in [0, 0.05) is 0 Å². The van der Waals surface area contributed by atoms with Gasteiger partial charge in [-0.15, -0.1) is 0 Å². The molecule has 0 amide bonds. The third-order valence-corrected chi connectivity index (χ3v) is 9.05. The minimum atomic E-state index is 1.01. The van der Waals surface area contributed by atoms with Gasteiger partial charge in [-0.2, -0.15) is 0 Å². The van der Waals surface area contributed by atoms with Crippen LogP contribution in [0.3, 0.4) is 0 Å². The molecule has 0 saturated heterocycles. The van der Waals surface area contributed by atoms with E-state index < -0.39 is 0 Å². The van der Waals surface area contributed by atoms with Crippen molar-refractivity contribution >= 4 is 0 Å². The van der Waals surface area contributed by atoms with Crippen LogP contribution in [0.2, 0.25) is 0 Å². The molecule has 6 aliphatic rings. The van der Waals surface area contributed by atoms with Gasteiger partial charge >= 0.3 is 0 Å². The SMILES string of the molecule is C1=C2C(CCC1)CC(CCC1CC3CCCC=C3C3CC13)C1CC21. The highest BCUT2D eigenvalue weighted by Crippen LogP contribution is 2.63. The summed E-state index contributed by atoms with van der Waals surface area (Å²) in [5.74, 6) is 8.60. The van der Waals surface area contributed by atoms with Gasteiger partial charge in [0.1, 0.15) is 0 Å². The van der Waals surface area contributed by atoms with Gasteiger partial charge in [0.2, 0.25) is 0 Å². The molecule has 130 valence electrons. The highest BCUT2D eigenvalue weighted by molar-refractivity contribution is 5.26. The van der Waals surface area contributed by atoms with Gasteiger partial charge in [0.15, 0.2) is 0 Å². The van der Waals surface area contributed by atoms with Gasteiger partial charge in [-0.25, -0.2) is 0 Å². The minimum absolute atomic E-state index is 1.01. The summed E-state index contributed by atoms with van der Waals surface area (Å²) >= 11 is 0. The molecule has 0 spiro atoms. The monoisotopic (exact) mass is 322 g/mol. The van der Waals surface area contributed by atoms with E-state index in [1.165, 1.54) is 38.5 Å². The number of rotatable bonds is 3. The molecule has 4 fully saturated rings. The molecule has 6 rings (SSSR count). The molecule has 0 heterocycles. The lowest BCUT2D eigenvalue weighted by atomic mass is 9.69. The van der Waals surface area contributed by atoms with Gasteiger partial charge in [0.25, 0.3) is 0 Å². The Morgan fingerprint density at radius 1 is 0.667 bits per heavy atom. The normalized spacial score (nSPS) is 51.3. The molecule has 0 aromatic rings. The molecule has 6 aliphatic carbocycles. The van der Waals surface area contributed by atoms with E-state index in [1.807, 2.05) is 11.1 Å². The number of fused-ring (bicyclic) bond motifs is 6. The van der Waals surface area contributed by atoms with Crippen LogP contribution in [0, 0.1) is 47.3 Å². The fraction of sp³-hybridized carbons (Fsp3) is 0.833. The first-order valence-corrected chi connectivity index (χ1v) is 11.3. The summed E-state index contributed by atoms with van der Waals surface area (Å²) in [6.07, 6.45) is 23.5. The van der Waals surface area contributed by atoms with Crippen LogP contribution in [0.25, 0.3) is 0 Å². The lowest BCUT2D eigenvalue weighted by Gasteiger charge is -2.36. The molecule has 8 atom stereocenters. The van der Waals surface area contributed by atoms with Gasteiger partial charge in [-0.3, -0.25) is 0 Å². The van der Waals surface area contributed by atoms with E-state index in [1.54, 1.807) is 38.5 Å². The predicted octanol–water partition coefficient (Wildman–Crippen LogP) is 6.53. The Bertz CT molecular complexity index is 529. The van der Waals surface area contributed by atoms with E-state index in [4.69, 9.17) is 0 Å². The van der Waals surface area contributed by atoms with Crippen molar-refractivity contribution in [2.45, 2.75) is 77.0 Å². The Labute approximate surface area is 148 Å². The van der Waals surface area contributed by atoms with Gasteiger partial charge < -0.3 is 0 Å². The number of hydrogen-bond donors (Lipinski definition) is 0. The Morgan fingerprint density at radius 2 is 1.17 bits per heavy atom. The molecule has 0 bridgehead atoms. The van der Waals surface area contributed by atoms with Crippen LogP contribution in [0.5, 0.6) is 0 Å². The van der Waals surface area contributed by atoms with Crippen molar-refractivity contribution in [3.05, 3.63) is 23.3 Å². The van der Waals surface area contributed by atoms with Crippen LogP contribution in [-0.2, 0) is 0 Å². The maximum Gasteiger partial charge on any atom is -0.0166 e. The van der Waals surface area contributed by atoms with Crippen molar-refractivity contribution in [3.63, 3.8) is 0 Å². The summed E-state index contributed by atoms with van der Waals surface area (Å²) in [5, 5.41) is 0. The lowest BCUT2D eigenvalue weighted by molar-refractivity contribution is 0.221. The van der Waals surface area contributed by atoms with Crippen LogP contribution in [0.4, 0.5) is 0 Å². The first kappa shape index (κ1) is 14.6. The maximum absolute atomic E-state index is 2.65. The average Bonchev–Trinajstić information content (AvgIpc) is 3.52. The van der Waals surface area contributed by atoms with Crippen molar-refractivity contribution in [3.8, 4) is 0 Å². The second-order valence-corrected chi connectivity index (χ2v) is 10.2. The zero-order chi connectivity index (χ0) is 15.7. The largest absolute Gasteiger partial charge is 0.0848 e. The van der Waals surface area contributed by atoms with E-state index in [2.05, 4.69) is 12.2 Å². The highest BCUT2D eigenvalue weighted by atomic mass is 14.6. The number of hydrogen-bond acceptors (Lipinski definition) is 0. The fourth-order valence-electron chi connectivity index (χ4n) is 7.76. The zero-order valence-corrected chi connectivity index (χ0v) is 15.3. The van der Waals surface area contributed by atoms with Crippen LogP contribution in [0.15, 0.2) is 23.3 Å². The van der Waals surface area contributed by atoms with Crippen LogP contribution >= 0.6 is 0 Å². The van der Waals surface area contributed by atoms with Gasteiger partial charge in [-0.05, 0) is 124 Å². The van der Waals surface area contributed by atoms with Crippen molar-refractivity contribution < 1.29 is 0 Å². The standard InChI is InChI=1S/C24H34/c1-3-7-19-15(5-1)11-17(21-13-23(19)21)9-10-18-12-16-6-2-4-8-20(16)24-14-22(18)24/h7-8,15-18,21-24H,1-6,9-14H2. The van der Waals surface area contributed by atoms with Crippen molar-refractivity contribution in [1.82, 2.24) is 0 Å². The summed E-state index contributed by atoms with van der Waals surface area (Å²) in [7, 11) is 0. The van der Waals surface area contributed by atoms with Crippen LogP contribution < -0.4 is 0 Å². The average molecular weight is 323 g/mol. The molecular formula is C24H34. The van der Waals surface area contributed by atoms with Crippen molar-refractivity contribution in [1.29, 1.82) is 0 Å². The first-order chi connectivity index (χ1) is 11.9. The van der Waals surface area contributed by atoms with E-state index >= 15 is 0 Å². The molecule has 0 nitrogen and oxygen atoms in total. The molecule has 8 unspecified atom stereocenters. The molecule has 4 saturated carbocycles. The third-order valence-electron chi connectivity index (χ3n) is 9.05. The molecule has 0 aromatic carbocycles. The molecule has 24 heavy (non-hydrogen) atoms. The third kappa shape index (κ3) is 2.31. The molecular weight excluding hydrogens is 288 g/mol. The molecule has 0 N–H and O–H groups in total. The highest BCUT2D eigenvalue weighted by Gasteiger charge is 2.53. The minimum Gasteiger partial charge on any atom is -0.0848 e. The molecule has 0 aromatic heterocycles. The molecule has 0 radical (unpaired) electrons. The van der Waals surface area contributed by atoms with E-state index in [-0.39, 0.29) is 0 Å². The van der Waals surface area contributed by atoms with Gasteiger partial charge in [0.05, 0.1) is 0 Å². The maximum atomic E-state index is 2.65. The quantitative estimate of drug-likeness (QED) is 0.518. The zero-order valence-electron chi connectivity index (χ0n) is 15.3. The van der Waals surface area contributed by atoms with E-state index in [0.717, 1.165) is 47.3 Å². The van der Waals surface area contributed by atoms with Crippen LogP contribution in [0.1, 0.15) is 77.0 Å². The summed E-state index contributed by atoms with van der Waals surface area (Å²) in [6, 6.07) is 0. The smallest absolute Gasteiger partial charge is 0.0166 e. The first-order valence-electron chi connectivity index (χ1n) is 11.3. The second kappa shape index (κ2) is 5.49. The summed E-state index contributed by atoms with van der Waals surface area (Å²) in [4.78, 5) is 0. The summed E-state index contributed by atoms with van der Waals surface area (Å²) < 4.78 is 0. The van der Waals surface area contributed by atoms with Crippen LogP contribution in [-0.4, -0.2) is 0 Å². The lowest BCUT2D eigenvalue weighted by Crippen LogP contribution is -2.25. The molecule has 0 heteroatoms. The van der Waals surface area contributed by atoms with Crippen molar-refractivity contribution in [2.24, 2.45) is 47.3 Å². The Morgan fingerprint density at radius 3 is 1.67 bits per heavy atom. The predicted molar refractivity (Wildman–Crippen MR) is 99.5 cm³/mol. The molecule has 0 aliphatic heterocycles. The summed E-state index contributed by atoms with van der Waals surface area (Å²) in [5.41, 5.74) is 3.86. The van der Waals surface area contributed by atoms with Gasteiger partial charge in [-0.1, -0.05) is 23.3 Å². The van der Waals surface area contributed by atoms with E-state index in [9.17, 15) is 0 Å². The Hall–Kier alpha value is -0.520. The Balaban J connectivity index is 1.10. The fourth-order valence-corrected chi connectivity index (χ4v) is 7.76. The number of allylic oxidation sites excluding steroid dienone is 4. The second-order valence-electron chi connectivity index (χ2n) is 10.2. The topological polar surface area (TPSA) is 0 Å². The van der Waals surface area contributed by atoms with Crippen molar-refractivity contribution in [2.75, 3.05) is 0 Å². The Kier molecular flexibility index (Phi) is 3.34. The summed E-state index contributed by atoms with van der Waals surface area (Å²) in [6.45, 7) is 0. The van der Waals surface area contributed by atoms with E-state index in [0.29, 0.717) is 0 Å².